The number of aromatic hydroxyl groups is 1. The van der Waals surface area contributed by atoms with E-state index < -0.39 is 0 Å². The van der Waals surface area contributed by atoms with E-state index in [4.69, 9.17) is 4.74 Å². The fourth-order valence-corrected chi connectivity index (χ4v) is 3.61. The van der Waals surface area contributed by atoms with Crippen molar-refractivity contribution in [1.82, 2.24) is 0 Å². The Bertz CT molecular complexity index is 442. The maximum atomic E-state index is 9.67. The number of benzene rings is 1. The van der Waals surface area contributed by atoms with Crippen LogP contribution in [0.25, 0.3) is 0 Å². The SMILES string of the molecule is CCCCCCCCCCCCCCCCCc1cc(O)cc(OC)c1. The van der Waals surface area contributed by atoms with Crippen LogP contribution in [-0.4, -0.2) is 12.2 Å². The summed E-state index contributed by atoms with van der Waals surface area (Å²) in [6.45, 7) is 2.28. The summed E-state index contributed by atoms with van der Waals surface area (Å²) < 4.78 is 5.20. The van der Waals surface area contributed by atoms with Crippen molar-refractivity contribution in [3.05, 3.63) is 23.8 Å². The van der Waals surface area contributed by atoms with Crippen LogP contribution in [0.2, 0.25) is 0 Å². The molecule has 0 heterocycles. The van der Waals surface area contributed by atoms with Gasteiger partial charge in [0, 0.05) is 6.07 Å². The van der Waals surface area contributed by atoms with Crippen LogP contribution in [0.15, 0.2) is 18.2 Å². The number of methoxy groups -OCH3 is 1. The average Bonchev–Trinajstić information content (AvgIpc) is 2.64. The Labute approximate surface area is 162 Å². The van der Waals surface area contributed by atoms with Crippen molar-refractivity contribution in [2.45, 2.75) is 110 Å². The lowest BCUT2D eigenvalue weighted by atomic mass is 10.0. The Kier molecular flexibility index (Phi) is 14.1. The maximum Gasteiger partial charge on any atom is 0.122 e. The lowest BCUT2D eigenvalue weighted by Crippen LogP contribution is -1.89. The molecule has 0 radical (unpaired) electrons. The van der Waals surface area contributed by atoms with Gasteiger partial charge < -0.3 is 9.84 Å². The minimum atomic E-state index is 0.306. The molecule has 1 aromatic rings. The molecule has 1 aromatic carbocycles. The summed E-state index contributed by atoms with van der Waals surface area (Å²) >= 11 is 0. The summed E-state index contributed by atoms with van der Waals surface area (Å²) in [7, 11) is 1.65. The van der Waals surface area contributed by atoms with Gasteiger partial charge in [-0.25, -0.2) is 0 Å². The van der Waals surface area contributed by atoms with Crippen molar-refractivity contribution in [3.63, 3.8) is 0 Å². The Morgan fingerprint density at radius 1 is 0.654 bits per heavy atom. The normalized spacial score (nSPS) is 11.0. The van der Waals surface area contributed by atoms with Crippen LogP contribution in [-0.2, 0) is 6.42 Å². The highest BCUT2D eigenvalue weighted by atomic mass is 16.5. The number of ether oxygens (including phenoxy) is 1. The number of hydrogen-bond donors (Lipinski definition) is 1. The van der Waals surface area contributed by atoms with Gasteiger partial charge in [-0.05, 0) is 30.5 Å². The predicted molar refractivity (Wildman–Crippen MR) is 113 cm³/mol. The summed E-state index contributed by atoms with van der Waals surface area (Å²) in [4.78, 5) is 0. The standard InChI is InChI=1S/C24H42O2/c1-3-4-5-6-7-8-9-10-11-12-13-14-15-16-17-18-22-19-23(25)21-24(20-22)26-2/h19-21,25H,3-18H2,1-2H3. The Hall–Kier alpha value is -1.18. The van der Waals surface area contributed by atoms with E-state index in [0.29, 0.717) is 5.75 Å². The molecule has 2 heteroatoms. The monoisotopic (exact) mass is 362 g/mol. The van der Waals surface area contributed by atoms with E-state index in [9.17, 15) is 5.11 Å². The first-order chi connectivity index (χ1) is 12.8. The van der Waals surface area contributed by atoms with Crippen molar-refractivity contribution >= 4 is 0 Å². The van der Waals surface area contributed by atoms with E-state index in [-0.39, 0.29) is 0 Å². The summed E-state index contributed by atoms with van der Waals surface area (Å²) in [6.07, 6.45) is 21.9. The predicted octanol–water partition coefficient (Wildman–Crippen LogP) is 7.81. The number of phenolic OH excluding ortho intramolecular Hbond substituents is 1. The second-order valence-electron chi connectivity index (χ2n) is 7.74. The van der Waals surface area contributed by atoms with Gasteiger partial charge in [0.2, 0.25) is 0 Å². The van der Waals surface area contributed by atoms with Crippen molar-refractivity contribution in [3.8, 4) is 11.5 Å². The van der Waals surface area contributed by atoms with Crippen LogP contribution >= 0.6 is 0 Å². The number of aryl methyl sites for hydroxylation is 1. The van der Waals surface area contributed by atoms with E-state index in [2.05, 4.69) is 6.92 Å². The zero-order chi connectivity index (χ0) is 18.9. The van der Waals surface area contributed by atoms with E-state index in [0.717, 1.165) is 12.2 Å². The smallest absolute Gasteiger partial charge is 0.122 e. The van der Waals surface area contributed by atoms with Crippen LogP contribution in [0.1, 0.15) is 109 Å². The molecule has 0 atom stereocenters. The maximum absolute atomic E-state index is 9.67. The molecule has 0 unspecified atom stereocenters. The summed E-state index contributed by atoms with van der Waals surface area (Å²) in [5.74, 6) is 1.06. The molecule has 1 rings (SSSR count). The van der Waals surface area contributed by atoms with Crippen LogP contribution in [0.4, 0.5) is 0 Å². The largest absolute Gasteiger partial charge is 0.508 e. The number of phenols is 1. The van der Waals surface area contributed by atoms with Crippen LogP contribution in [0, 0.1) is 0 Å². The minimum absolute atomic E-state index is 0.306. The molecule has 0 aromatic heterocycles. The molecule has 1 N–H and O–H groups in total. The highest BCUT2D eigenvalue weighted by Crippen LogP contribution is 2.23. The summed E-state index contributed by atoms with van der Waals surface area (Å²) in [6, 6.07) is 5.55. The van der Waals surface area contributed by atoms with Gasteiger partial charge in [-0.15, -0.1) is 0 Å². The molecule has 0 aliphatic rings. The zero-order valence-corrected chi connectivity index (χ0v) is 17.4. The van der Waals surface area contributed by atoms with Gasteiger partial charge in [0.05, 0.1) is 7.11 Å². The zero-order valence-electron chi connectivity index (χ0n) is 17.4. The van der Waals surface area contributed by atoms with Gasteiger partial charge in [0.1, 0.15) is 11.5 Å². The van der Waals surface area contributed by atoms with Crippen molar-refractivity contribution in [1.29, 1.82) is 0 Å². The molecular weight excluding hydrogens is 320 g/mol. The first kappa shape index (κ1) is 22.9. The second-order valence-corrected chi connectivity index (χ2v) is 7.74. The van der Waals surface area contributed by atoms with Crippen molar-refractivity contribution < 1.29 is 9.84 Å². The van der Waals surface area contributed by atoms with Gasteiger partial charge in [0.25, 0.3) is 0 Å². The molecule has 0 spiro atoms. The molecule has 0 bridgehead atoms. The Morgan fingerprint density at radius 3 is 1.58 bits per heavy atom. The fourth-order valence-electron chi connectivity index (χ4n) is 3.61. The fraction of sp³-hybridized carbons (Fsp3) is 0.750. The van der Waals surface area contributed by atoms with Crippen LogP contribution < -0.4 is 4.74 Å². The number of hydrogen-bond acceptors (Lipinski definition) is 2. The topological polar surface area (TPSA) is 29.5 Å². The van der Waals surface area contributed by atoms with Crippen molar-refractivity contribution in [2.24, 2.45) is 0 Å². The molecule has 2 nitrogen and oxygen atoms in total. The molecule has 0 saturated heterocycles. The van der Waals surface area contributed by atoms with Gasteiger partial charge in [-0.2, -0.15) is 0 Å². The van der Waals surface area contributed by atoms with Crippen LogP contribution in [0.3, 0.4) is 0 Å². The lowest BCUT2D eigenvalue weighted by molar-refractivity contribution is 0.406. The highest BCUT2D eigenvalue weighted by molar-refractivity contribution is 5.37. The molecule has 0 aliphatic heterocycles. The Morgan fingerprint density at radius 2 is 1.12 bits per heavy atom. The second kappa shape index (κ2) is 16.0. The van der Waals surface area contributed by atoms with E-state index >= 15 is 0 Å². The lowest BCUT2D eigenvalue weighted by Gasteiger charge is -2.06. The third-order valence-electron chi connectivity index (χ3n) is 5.26. The third kappa shape index (κ3) is 12.2. The molecule has 150 valence electrons. The van der Waals surface area contributed by atoms with Crippen molar-refractivity contribution in [2.75, 3.05) is 7.11 Å². The van der Waals surface area contributed by atoms with E-state index in [1.54, 1.807) is 13.2 Å². The summed E-state index contributed by atoms with van der Waals surface area (Å²) in [5, 5.41) is 9.67. The van der Waals surface area contributed by atoms with E-state index in [1.807, 2.05) is 12.1 Å². The Balaban J connectivity index is 1.86. The highest BCUT2D eigenvalue weighted by Gasteiger charge is 2.01. The molecule has 0 fully saturated rings. The number of unbranched alkanes of at least 4 members (excludes halogenated alkanes) is 14. The minimum Gasteiger partial charge on any atom is -0.508 e. The van der Waals surface area contributed by atoms with E-state index in [1.165, 1.54) is 102 Å². The third-order valence-corrected chi connectivity index (χ3v) is 5.26. The van der Waals surface area contributed by atoms with Crippen LogP contribution in [0.5, 0.6) is 11.5 Å². The van der Waals surface area contributed by atoms with Gasteiger partial charge >= 0.3 is 0 Å². The molecule has 0 amide bonds. The van der Waals surface area contributed by atoms with Gasteiger partial charge in [-0.3, -0.25) is 0 Å². The first-order valence-corrected chi connectivity index (χ1v) is 11.1. The van der Waals surface area contributed by atoms with Gasteiger partial charge in [-0.1, -0.05) is 96.8 Å². The molecule has 26 heavy (non-hydrogen) atoms. The molecular formula is C24H42O2. The molecule has 0 aliphatic carbocycles. The quantitative estimate of drug-likeness (QED) is 0.286. The first-order valence-electron chi connectivity index (χ1n) is 11.1. The molecule has 0 saturated carbocycles. The average molecular weight is 363 g/mol. The number of rotatable bonds is 17. The van der Waals surface area contributed by atoms with Gasteiger partial charge in [0.15, 0.2) is 0 Å². The summed E-state index contributed by atoms with van der Waals surface area (Å²) in [5.41, 5.74) is 1.18.